The van der Waals surface area contributed by atoms with Crippen LogP contribution in [0.1, 0.15) is 25.5 Å². The molecule has 0 saturated carbocycles. The zero-order chi connectivity index (χ0) is 14.4. The molecule has 1 amide bonds. The minimum atomic E-state index is 0.0194. The van der Waals surface area contributed by atoms with E-state index < -0.39 is 0 Å². The molecule has 1 aromatic rings. The summed E-state index contributed by atoms with van der Waals surface area (Å²) in [6, 6.07) is 8.21. The predicted molar refractivity (Wildman–Crippen MR) is 81.8 cm³/mol. The highest BCUT2D eigenvalue weighted by Gasteiger charge is 2.18. The third-order valence-corrected chi connectivity index (χ3v) is 3.32. The van der Waals surface area contributed by atoms with E-state index in [9.17, 15) is 4.79 Å². The number of carbonyl (C=O) groups excluding carboxylic acids is 1. The molecule has 1 rings (SSSR count). The number of nitrogens with two attached hydrogens (primary N) is 1. The Morgan fingerprint density at radius 1 is 1.47 bits per heavy atom. The average molecular weight is 328 g/mol. The molecule has 0 saturated heterocycles. The van der Waals surface area contributed by atoms with E-state index in [4.69, 9.17) is 5.73 Å². The van der Waals surface area contributed by atoms with Crippen LogP contribution in [0.25, 0.3) is 0 Å². The SMILES string of the molecule is CC(C)NC(=O)CN(C)C(CN)c1cccc(Br)c1. The molecule has 106 valence electrons. The molecular weight excluding hydrogens is 306 g/mol. The lowest BCUT2D eigenvalue weighted by molar-refractivity contribution is -0.122. The maximum Gasteiger partial charge on any atom is 0.234 e. The van der Waals surface area contributed by atoms with Crippen molar-refractivity contribution < 1.29 is 4.79 Å². The van der Waals surface area contributed by atoms with Gasteiger partial charge in [-0.2, -0.15) is 0 Å². The standard InChI is InChI=1S/C14H22BrN3O/c1-10(2)17-14(19)9-18(3)13(8-16)11-5-4-6-12(15)7-11/h4-7,10,13H,8-9,16H2,1-3H3,(H,17,19). The molecule has 0 aromatic heterocycles. The van der Waals surface area contributed by atoms with Crippen LogP contribution < -0.4 is 11.1 Å². The molecule has 19 heavy (non-hydrogen) atoms. The minimum Gasteiger partial charge on any atom is -0.353 e. The molecule has 5 heteroatoms. The summed E-state index contributed by atoms with van der Waals surface area (Å²) in [5, 5.41) is 2.88. The van der Waals surface area contributed by atoms with Gasteiger partial charge in [-0.05, 0) is 38.6 Å². The Kier molecular flexibility index (Phi) is 6.48. The van der Waals surface area contributed by atoms with Gasteiger partial charge in [0.2, 0.25) is 5.91 Å². The van der Waals surface area contributed by atoms with Crippen LogP contribution in [0.4, 0.5) is 0 Å². The van der Waals surface area contributed by atoms with Gasteiger partial charge in [-0.15, -0.1) is 0 Å². The molecule has 0 aliphatic heterocycles. The third-order valence-electron chi connectivity index (χ3n) is 2.83. The zero-order valence-electron chi connectivity index (χ0n) is 11.7. The number of likely N-dealkylation sites (N-methyl/N-ethyl adjacent to an activating group) is 1. The van der Waals surface area contributed by atoms with E-state index in [0.717, 1.165) is 10.0 Å². The van der Waals surface area contributed by atoms with Crippen LogP contribution in [0.15, 0.2) is 28.7 Å². The largest absolute Gasteiger partial charge is 0.353 e. The summed E-state index contributed by atoms with van der Waals surface area (Å²) in [5.41, 5.74) is 6.95. The Labute approximate surface area is 123 Å². The highest BCUT2D eigenvalue weighted by Crippen LogP contribution is 2.21. The van der Waals surface area contributed by atoms with Crippen LogP contribution in [0.3, 0.4) is 0 Å². The lowest BCUT2D eigenvalue weighted by Gasteiger charge is -2.27. The number of hydrogen-bond acceptors (Lipinski definition) is 3. The molecule has 0 aliphatic rings. The first kappa shape index (κ1) is 16.1. The van der Waals surface area contributed by atoms with Gasteiger partial charge in [-0.3, -0.25) is 9.69 Å². The second kappa shape index (κ2) is 7.62. The van der Waals surface area contributed by atoms with Gasteiger partial charge in [0.15, 0.2) is 0 Å². The summed E-state index contributed by atoms with van der Waals surface area (Å²) < 4.78 is 1.02. The topological polar surface area (TPSA) is 58.4 Å². The Morgan fingerprint density at radius 3 is 2.68 bits per heavy atom. The van der Waals surface area contributed by atoms with Crippen molar-refractivity contribution in [2.24, 2.45) is 5.73 Å². The second-order valence-corrected chi connectivity index (χ2v) is 5.86. The molecule has 0 bridgehead atoms. The summed E-state index contributed by atoms with van der Waals surface area (Å²) in [6.07, 6.45) is 0. The van der Waals surface area contributed by atoms with E-state index in [1.54, 1.807) is 0 Å². The quantitative estimate of drug-likeness (QED) is 0.839. The van der Waals surface area contributed by atoms with Gasteiger partial charge in [-0.1, -0.05) is 28.1 Å². The number of amides is 1. The van der Waals surface area contributed by atoms with Crippen LogP contribution >= 0.6 is 15.9 Å². The first-order valence-corrected chi connectivity index (χ1v) is 7.18. The van der Waals surface area contributed by atoms with E-state index in [1.807, 2.05) is 50.1 Å². The number of halogens is 1. The van der Waals surface area contributed by atoms with Gasteiger partial charge in [0.05, 0.1) is 6.54 Å². The van der Waals surface area contributed by atoms with Gasteiger partial charge in [0, 0.05) is 23.1 Å². The minimum absolute atomic E-state index is 0.0194. The van der Waals surface area contributed by atoms with Crippen molar-refractivity contribution in [1.82, 2.24) is 10.2 Å². The fourth-order valence-corrected chi connectivity index (χ4v) is 2.41. The number of rotatable bonds is 6. The monoisotopic (exact) mass is 327 g/mol. The normalized spacial score (nSPS) is 12.8. The molecule has 0 spiro atoms. The fraction of sp³-hybridized carbons (Fsp3) is 0.500. The fourth-order valence-electron chi connectivity index (χ4n) is 1.99. The summed E-state index contributed by atoms with van der Waals surface area (Å²) >= 11 is 3.45. The summed E-state index contributed by atoms with van der Waals surface area (Å²) in [7, 11) is 1.92. The lowest BCUT2D eigenvalue weighted by Crippen LogP contribution is -2.41. The van der Waals surface area contributed by atoms with E-state index in [0.29, 0.717) is 13.1 Å². The van der Waals surface area contributed by atoms with Crippen molar-refractivity contribution in [2.75, 3.05) is 20.1 Å². The zero-order valence-corrected chi connectivity index (χ0v) is 13.3. The number of carbonyl (C=O) groups is 1. The maximum absolute atomic E-state index is 11.8. The Hall–Kier alpha value is -0.910. The Morgan fingerprint density at radius 2 is 2.16 bits per heavy atom. The van der Waals surface area contributed by atoms with Crippen LogP contribution in [0.2, 0.25) is 0 Å². The molecular formula is C14H22BrN3O. The van der Waals surface area contributed by atoms with Gasteiger partial charge in [0.25, 0.3) is 0 Å². The van der Waals surface area contributed by atoms with Crippen LogP contribution in [-0.2, 0) is 4.79 Å². The van der Waals surface area contributed by atoms with Crippen molar-refractivity contribution in [1.29, 1.82) is 0 Å². The Balaban J connectivity index is 2.71. The number of nitrogens with zero attached hydrogens (tertiary/aromatic N) is 1. The molecule has 1 atom stereocenters. The second-order valence-electron chi connectivity index (χ2n) is 4.94. The van der Waals surface area contributed by atoms with Gasteiger partial charge in [-0.25, -0.2) is 0 Å². The average Bonchev–Trinajstić information content (AvgIpc) is 2.28. The highest BCUT2D eigenvalue weighted by atomic mass is 79.9. The number of benzene rings is 1. The molecule has 1 unspecified atom stereocenters. The maximum atomic E-state index is 11.8. The van der Waals surface area contributed by atoms with Crippen LogP contribution in [0, 0.1) is 0 Å². The van der Waals surface area contributed by atoms with Crippen molar-refractivity contribution in [3.8, 4) is 0 Å². The predicted octanol–water partition coefficient (Wildman–Crippen LogP) is 1.91. The van der Waals surface area contributed by atoms with E-state index >= 15 is 0 Å². The molecule has 0 aliphatic carbocycles. The number of hydrogen-bond donors (Lipinski definition) is 2. The molecule has 3 N–H and O–H groups in total. The third kappa shape index (κ3) is 5.30. The van der Waals surface area contributed by atoms with Gasteiger partial charge in [0.1, 0.15) is 0 Å². The van der Waals surface area contributed by atoms with Gasteiger partial charge >= 0.3 is 0 Å². The lowest BCUT2D eigenvalue weighted by atomic mass is 10.1. The molecule has 1 aromatic carbocycles. The van der Waals surface area contributed by atoms with Crippen LogP contribution in [-0.4, -0.2) is 37.0 Å². The van der Waals surface area contributed by atoms with Crippen molar-refractivity contribution >= 4 is 21.8 Å². The van der Waals surface area contributed by atoms with Crippen molar-refractivity contribution in [3.63, 3.8) is 0 Å². The highest BCUT2D eigenvalue weighted by molar-refractivity contribution is 9.10. The first-order chi connectivity index (χ1) is 8.93. The number of nitrogens with one attached hydrogen (secondary N) is 1. The van der Waals surface area contributed by atoms with Crippen LogP contribution in [0.5, 0.6) is 0 Å². The smallest absolute Gasteiger partial charge is 0.234 e. The first-order valence-electron chi connectivity index (χ1n) is 6.39. The molecule has 0 fully saturated rings. The summed E-state index contributed by atoms with van der Waals surface area (Å²) in [6.45, 7) is 4.72. The summed E-state index contributed by atoms with van der Waals surface area (Å²) in [4.78, 5) is 13.8. The van der Waals surface area contributed by atoms with E-state index in [1.165, 1.54) is 0 Å². The molecule has 0 heterocycles. The summed E-state index contributed by atoms with van der Waals surface area (Å²) in [5.74, 6) is 0.0194. The van der Waals surface area contributed by atoms with E-state index in [-0.39, 0.29) is 18.0 Å². The van der Waals surface area contributed by atoms with E-state index in [2.05, 4.69) is 21.2 Å². The molecule has 4 nitrogen and oxygen atoms in total. The Bertz CT molecular complexity index is 423. The van der Waals surface area contributed by atoms with Crippen molar-refractivity contribution in [3.05, 3.63) is 34.3 Å². The molecule has 0 radical (unpaired) electrons. The van der Waals surface area contributed by atoms with Crippen molar-refractivity contribution in [2.45, 2.75) is 25.9 Å². The van der Waals surface area contributed by atoms with Gasteiger partial charge < -0.3 is 11.1 Å².